The average molecular weight is 453 g/mol. The van der Waals surface area contributed by atoms with Gasteiger partial charge in [-0.1, -0.05) is 6.08 Å². The number of aromatic nitrogens is 4. The molecule has 3 heterocycles. The van der Waals surface area contributed by atoms with E-state index in [1.54, 1.807) is 24.9 Å². The molecule has 0 bridgehead atoms. The number of allylic oxidation sites excluding steroid dienone is 1. The van der Waals surface area contributed by atoms with Crippen LogP contribution >= 0.6 is 0 Å². The van der Waals surface area contributed by atoms with Crippen molar-refractivity contribution in [2.45, 2.75) is 19.2 Å². The highest BCUT2D eigenvalue weighted by atomic mass is 32.2. The van der Waals surface area contributed by atoms with Crippen LogP contribution in [-0.4, -0.2) is 51.7 Å². The van der Waals surface area contributed by atoms with Crippen LogP contribution in [-0.2, 0) is 17.1 Å². The zero-order valence-electron chi connectivity index (χ0n) is 16.5. The van der Waals surface area contributed by atoms with E-state index in [1.165, 1.54) is 34.6 Å². The van der Waals surface area contributed by atoms with Crippen LogP contribution in [0.2, 0.25) is 0 Å². The maximum atomic E-state index is 12.4. The maximum Gasteiger partial charge on any atom is 0.573 e. The standard InChI is InChI=1S/C19H18F3N5O3S/c1-3-8-31(28,29)27-9-13(10-27)17-24-15(16-18(25-17)26(2)11-23-16)12-4-6-14(7-5-12)30-19(20,21)22/h3-8,11,13H,9-10H2,1-2H3/b8-3+. The Morgan fingerprint density at radius 2 is 1.84 bits per heavy atom. The molecule has 0 radical (unpaired) electrons. The summed E-state index contributed by atoms with van der Waals surface area (Å²) < 4.78 is 68.5. The van der Waals surface area contributed by atoms with Gasteiger partial charge in [-0.15, -0.1) is 13.2 Å². The molecule has 1 aliphatic rings. The minimum Gasteiger partial charge on any atom is -0.406 e. The quantitative estimate of drug-likeness (QED) is 0.590. The van der Waals surface area contributed by atoms with Crippen LogP contribution in [0.3, 0.4) is 0 Å². The number of sulfonamides is 1. The smallest absolute Gasteiger partial charge is 0.406 e. The molecule has 4 rings (SSSR count). The van der Waals surface area contributed by atoms with Gasteiger partial charge in [0, 0.05) is 37.0 Å². The minimum atomic E-state index is -4.78. The molecule has 164 valence electrons. The van der Waals surface area contributed by atoms with Gasteiger partial charge in [-0.3, -0.25) is 0 Å². The van der Waals surface area contributed by atoms with E-state index in [4.69, 9.17) is 0 Å². The molecule has 1 fully saturated rings. The van der Waals surface area contributed by atoms with E-state index < -0.39 is 16.4 Å². The zero-order chi connectivity index (χ0) is 22.4. The van der Waals surface area contributed by atoms with Crippen molar-refractivity contribution in [3.63, 3.8) is 0 Å². The van der Waals surface area contributed by atoms with Gasteiger partial charge in [0.2, 0.25) is 10.0 Å². The number of nitrogens with zero attached hydrogens (tertiary/aromatic N) is 5. The summed E-state index contributed by atoms with van der Waals surface area (Å²) in [5.41, 5.74) is 2.03. The SMILES string of the molecule is C/C=C/S(=O)(=O)N1CC(c2nc(-c3ccc(OC(F)(F)F)cc3)c3ncn(C)c3n2)C1. The molecule has 0 unspecified atom stereocenters. The van der Waals surface area contributed by atoms with Crippen LogP contribution in [0.15, 0.2) is 42.1 Å². The Kier molecular flexibility index (Phi) is 5.21. The molecule has 0 saturated carbocycles. The number of alkyl halides is 3. The molecule has 1 aliphatic heterocycles. The van der Waals surface area contributed by atoms with Crippen LogP contribution in [0.25, 0.3) is 22.4 Å². The van der Waals surface area contributed by atoms with Crippen molar-refractivity contribution in [3.8, 4) is 17.0 Å². The van der Waals surface area contributed by atoms with Crippen LogP contribution in [0, 0.1) is 0 Å². The summed E-state index contributed by atoms with van der Waals surface area (Å²) in [4.78, 5) is 13.4. The second kappa shape index (κ2) is 7.61. The fourth-order valence-electron chi connectivity index (χ4n) is 3.29. The number of hydrogen-bond acceptors (Lipinski definition) is 6. The Morgan fingerprint density at radius 1 is 1.16 bits per heavy atom. The largest absolute Gasteiger partial charge is 0.573 e. The van der Waals surface area contributed by atoms with Crippen LogP contribution < -0.4 is 4.74 Å². The third kappa shape index (κ3) is 4.26. The predicted molar refractivity (Wildman–Crippen MR) is 106 cm³/mol. The Labute approximate surface area is 176 Å². The van der Waals surface area contributed by atoms with Gasteiger partial charge in [0.25, 0.3) is 0 Å². The highest BCUT2D eigenvalue weighted by Crippen LogP contribution is 2.33. The van der Waals surface area contributed by atoms with Gasteiger partial charge in [-0.25, -0.2) is 23.4 Å². The summed E-state index contributed by atoms with van der Waals surface area (Å²) >= 11 is 0. The van der Waals surface area contributed by atoms with Gasteiger partial charge >= 0.3 is 6.36 Å². The van der Waals surface area contributed by atoms with Crippen LogP contribution in [0.5, 0.6) is 5.75 Å². The van der Waals surface area contributed by atoms with E-state index in [2.05, 4.69) is 19.7 Å². The topological polar surface area (TPSA) is 90.2 Å². The Hall–Kier alpha value is -2.99. The molecule has 0 spiro atoms. The monoisotopic (exact) mass is 453 g/mol. The van der Waals surface area contributed by atoms with Crippen molar-refractivity contribution >= 4 is 21.2 Å². The molecule has 31 heavy (non-hydrogen) atoms. The molecule has 0 atom stereocenters. The van der Waals surface area contributed by atoms with Gasteiger partial charge in [0.05, 0.1) is 6.33 Å². The van der Waals surface area contributed by atoms with E-state index in [0.717, 1.165) is 5.41 Å². The van der Waals surface area contributed by atoms with Crippen molar-refractivity contribution < 1.29 is 26.3 Å². The number of fused-ring (bicyclic) bond motifs is 1. The molecule has 0 aliphatic carbocycles. The Morgan fingerprint density at radius 3 is 2.45 bits per heavy atom. The number of benzene rings is 1. The number of hydrogen-bond donors (Lipinski definition) is 0. The Balaban J connectivity index is 1.67. The number of halogens is 3. The van der Waals surface area contributed by atoms with Crippen molar-refractivity contribution in [2.24, 2.45) is 7.05 Å². The first kappa shape index (κ1) is 21.2. The summed E-state index contributed by atoms with van der Waals surface area (Å²) in [6.07, 6.45) is -1.75. The summed E-state index contributed by atoms with van der Waals surface area (Å²) in [6.45, 7) is 2.12. The van der Waals surface area contributed by atoms with Gasteiger partial charge in [-0.05, 0) is 31.2 Å². The lowest BCUT2D eigenvalue weighted by Crippen LogP contribution is -2.48. The van der Waals surface area contributed by atoms with Crippen LogP contribution in [0.4, 0.5) is 13.2 Å². The first-order chi connectivity index (χ1) is 14.6. The first-order valence-electron chi connectivity index (χ1n) is 9.25. The highest BCUT2D eigenvalue weighted by molar-refractivity contribution is 7.92. The molecule has 1 saturated heterocycles. The lowest BCUT2D eigenvalue weighted by Gasteiger charge is -2.36. The third-order valence-corrected chi connectivity index (χ3v) is 6.45. The number of rotatable bonds is 5. The van der Waals surface area contributed by atoms with E-state index >= 15 is 0 Å². The second-order valence-corrected chi connectivity index (χ2v) is 8.88. The van der Waals surface area contributed by atoms with Crippen molar-refractivity contribution in [1.82, 2.24) is 23.8 Å². The van der Waals surface area contributed by atoms with E-state index in [9.17, 15) is 21.6 Å². The third-order valence-electron chi connectivity index (χ3n) is 4.82. The summed E-state index contributed by atoms with van der Waals surface area (Å²) in [7, 11) is -1.70. The molecule has 12 heteroatoms. The molecule has 2 aromatic heterocycles. The second-order valence-electron chi connectivity index (χ2n) is 7.06. The van der Waals surface area contributed by atoms with E-state index in [0.29, 0.717) is 28.2 Å². The summed E-state index contributed by atoms with van der Waals surface area (Å²) in [6, 6.07) is 5.33. The molecule has 1 aromatic carbocycles. The molecule has 0 amide bonds. The predicted octanol–water partition coefficient (Wildman–Crippen LogP) is 3.19. The summed E-state index contributed by atoms with van der Waals surface area (Å²) in [5.74, 6) is -0.0915. The van der Waals surface area contributed by atoms with E-state index in [-0.39, 0.29) is 24.8 Å². The van der Waals surface area contributed by atoms with E-state index in [1.807, 2.05) is 0 Å². The van der Waals surface area contributed by atoms with Gasteiger partial charge in [-0.2, -0.15) is 4.31 Å². The van der Waals surface area contributed by atoms with Crippen molar-refractivity contribution in [2.75, 3.05) is 13.1 Å². The molecule has 0 N–H and O–H groups in total. The molecular formula is C19H18F3N5O3S. The fraction of sp³-hybridized carbons (Fsp3) is 0.316. The lowest BCUT2D eigenvalue weighted by atomic mass is 10.0. The minimum absolute atomic E-state index is 0.203. The molecular weight excluding hydrogens is 435 g/mol. The fourth-order valence-corrected chi connectivity index (χ4v) is 4.58. The molecule has 8 nitrogen and oxygen atoms in total. The van der Waals surface area contributed by atoms with Crippen molar-refractivity contribution in [1.29, 1.82) is 0 Å². The highest BCUT2D eigenvalue weighted by Gasteiger charge is 2.37. The average Bonchev–Trinajstić information content (AvgIpc) is 3.00. The summed E-state index contributed by atoms with van der Waals surface area (Å²) in [5, 5.41) is 1.14. The van der Waals surface area contributed by atoms with Gasteiger partial charge < -0.3 is 9.30 Å². The number of aryl methyl sites for hydroxylation is 1. The van der Waals surface area contributed by atoms with Gasteiger partial charge in [0.1, 0.15) is 22.8 Å². The van der Waals surface area contributed by atoms with Crippen LogP contribution in [0.1, 0.15) is 18.7 Å². The lowest BCUT2D eigenvalue weighted by molar-refractivity contribution is -0.274. The maximum absolute atomic E-state index is 12.4. The number of imidazole rings is 1. The molecule has 3 aromatic rings. The Bertz CT molecular complexity index is 1250. The normalized spacial score (nSPS) is 16.2. The van der Waals surface area contributed by atoms with Gasteiger partial charge in [0.15, 0.2) is 5.65 Å². The zero-order valence-corrected chi connectivity index (χ0v) is 17.4. The first-order valence-corrected chi connectivity index (χ1v) is 10.8. The van der Waals surface area contributed by atoms with Crippen molar-refractivity contribution in [3.05, 3.63) is 47.9 Å². The number of ether oxygens (including phenoxy) is 1.